The maximum atomic E-state index is 13.8. The first kappa shape index (κ1) is 39.1. The van der Waals surface area contributed by atoms with Crippen molar-refractivity contribution in [3.05, 3.63) is 40.8 Å². The molecule has 1 aromatic carbocycles. The minimum Gasteiger partial charge on any atom is -0.414 e. The van der Waals surface area contributed by atoms with Gasteiger partial charge >= 0.3 is 0 Å². The van der Waals surface area contributed by atoms with Crippen molar-refractivity contribution in [2.75, 3.05) is 6.61 Å². The van der Waals surface area contributed by atoms with Gasteiger partial charge in [0.2, 0.25) is 10.0 Å². The smallest absolute Gasteiger partial charge is 0.240 e. The van der Waals surface area contributed by atoms with Gasteiger partial charge in [-0.2, -0.15) is 0 Å². The van der Waals surface area contributed by atoms with Crippen LogP contribution < -0.4 is 4.72 Å². The molecule has 14 heteroatoms. The number of nitrogens with one attached hydrogen (secondary N) is 1. The van der Waals surface area contributed by atoms with Crippen LogP contribution in [0.15, 0.2) is 40.3 Å². The number of hydrogen-bond donors (Lipinski definition) is 1. The zero-order valence-electron chi connectivity index (χ0n) is 28.5. The molecule has 0 saturated carbocycles. The van der Waals surface area contributed by atoms with Crippen LogP contribution in [0.3, 0.4) is 0 Å². The summed E-state index contributed by atoms with van der Waals surface area (Å²) in [7, 11) is -10.6. The highest BCUT2D eigenvalue weighted by molar-refractivity contribution is 7.89. The molecule has 0 amide bonds. The molecule has 1 saturated heterocycles. The Morgan fingerprint density at radius 1 is 0.773 bits per heavy atom. The van der Waals surface area contributed by atoms with Gasteiger partial charge in [-0.1, -0.05) is 85.6 Å². The Labute approximate surface area is 270 Å². The van der Waals surface area contributed by atoms with Gasteiger partial charge < -0.3 is 18.0 Å². The van der Waals surface area contributed by atoms with Crippen LogP contribution in [-0.2, 0) is 28.0 Å². The zero-order chi connectivity index (χ0) is 33.0. The summed E-state index contributed by atoms with van der Waals surface area (Å²) in [5, 5.41) is 4.03. The normalized spacial score (nSPS) is 23.3. The van der Waals surface area contributed by atoms with Gasteiger partial charge in [0.1, 0.15) is 12.2 Å². The van der Waals surface area contributed by atoms with Crippen LogP contribution in [0.2, 0.25) is 54.4 Å². The Bertz CT molecular complexity index is 1120. The van der Waals surface area contributed by atoms with E-state index in [-0.39, 0.29) is 11.5 Å². The van der Waals surface area contributed by atoms with E-state index in [0.29, 0.717) is 0 Å². The summed E-state index contributed by atoms with van der Waals surface area (Å²) in [4.78, 5) is 3.22. The molecule has 0 spiro atoms. The van der Waals surface area contributed by atoms with Crippen molar-refractivity contribution in [3.63, 3.8) is 0 Å². The van der Waals surface area contributed by atoms with Gasteiger partial charge in [-0.3, -0.25) is 0 Å². The monoisotopic (exact) mass is 686 g/mol. The first-order chi connectivity index (χ1) is 21.0. The van der Waals surface area contributed by atoms with E-state index >= 15 is 0 Å². The second-order valence-corrected chi connectivity index (χ2v) is 27.9. The number of sulfonamides is 1. The average molecular weight is 687 g/mol. The predicted octanol–water partition coefficient (Wildman–Crippen LogP) is 8.17. The first-order valence-electron chi connectivity index (χ1n) is 16.7. The van der Waals surface area contributed by atoms with Crippen molar-refractivity contribution >= 4 is 35.0 Å². The lowest BCUT2D eigenvalue weighted by atomic mass is 9.97. The molecule has 1 heterocycles. The molecule has 0 aliphatic carbocycles. The number of azide groups is 1. The summed E-state index contributed by atoms with van der Waals surface area (Å²) in [5.74, 6) is 0. The van der Waals surface area contributed by atoms with Crippen molar-refractivity contribution in [1.29, 1.82) is 0 Å². The maximum absolute atomic E-state index is 13.8. The van der Waals surface area contributed by atoms with Crippen LogP contribution in [0.4, 0.5) is 0 Å². The lowest BCUT2D eigenvalue weighted by molar-refractivity contribution is -0.178. The van der Waals surface area contributed by atoms with Crippen LogP contribution in [-0.4, -0.2) is 70.6 Å². The Morgan fingerprint density at radius 2 is 1.23 bits per heavy atom. The molecule has 5 atom stereocenters. The van der Waals surface area contributed by atoms with Crippen molar-refractivity contribution in [3.8, 4) is 0 Å². The summed E-state index contributed by atoms with van der Waals surface area (Å²) >= 11 is 0. The highest BCUT2D eigenvalue weighted by Crippen LogP contribution is 2.37. The number of ether oxygens (including phenoxy) is 1. The minimum absolute atomic E-state index is 0.121. The van der Waals surface area contributed by atoms with Gasteiger partial charge in [-0.25, -0.2) is 13.1 Å². The molecule has 0 bridgehead atoms. The quantitative estimate of drug-likeness (QED) is 0.0637. The van der Waals surface area contributed by atoms with Gasteiger partial charge in [0, 0.05) is 4.91 Å². The molecule has 1 aliphatic rings. The third-order valence-corrected chi connectivity index (χ3v) is 25.7. The van der Waals surface area contributed by atoms with Gasteiger partial charge in [-0.05, 0) is 72.1 Å². The largest absolute Gasteiger partial charge is 0.414 e. The third-order valence-electron chi connectivity index (χ3n) is 10.3. The number of nitrogens with zero attached hydrogens (tertiary/aromatic N) is 3. The number of rotatable bonds is 20. The lowest BCUT2D eigenvalue weighted by Gasteiger charge is -2.51. The van der Waals surface area contributed by atoms with E-state index in [1.807, 2.05) is 0 Å². The molecule has 1 aliphatic heterocycles. The van der Waals surface area contributed by atoms with E-state index in [2.05, 4.69) is 77.1 Å². The third kappa shape index (κ3) is 9.26. The summed E-state index contributed by atoms with van der Waals surface area (Å²) in [5.41, 5.74) is 9.66. The molecular formula is C30H58N4O6SSi3. The Morgan fingerprint density at radius 3 is 1.66 bits per heavy atom. The fraction of sp³-hybridized carbons (Fsp3) is 0.800. The Balaban J connectivity index is 2.79. The summed E-state index contributed by atoms with van der Waals surface area (Å²) in [6.45, 7) is 19.8. The minimum atomic E-state index is -4.01. The molecule has 10 nitrogen and oxygen atoms in total. The van der Waals surface area contributed by atoms with Crippen molar-refractivity contribution in [2.45, 2.75) is 152 Å². The molecule has 1 aromatic rings. The predicted molar refractivity (Wildman–Crippen MR) is 186 cm³/mol. The lowest BCUT2D eigenvalue weighted by Crippen LogP contribution is -2.68. The molecule has 0 unspecified atom stereocenters. The molecule has 2 rings (SSSR count). The van der Waals surface area contributed by atoms with Gasteiger partial charge in [0.05, 0.1) is 23.6 Å². The van der Waals surface area contributed by atoms with E-state index in [0.717, 1.165) is 54.4 Å². The van der Waals surface area contributed by atoms with E-state index < -0.39 is 65.6 Å². The van der Waals surface area contributed by atoms with E-state index in [9.17, 15) is 13.9 Å². The highest BCUT2D eigenvalue weighted by atomic mass is 32.2. The topological polar surface area (TPSA) is 132 Å². The van der Waals surface area contributed by atoms with Crippen molar-refractivity contribution in [1.82, 2.24) is 4.72 Å². The van der Waals surface area contributed by atoms with Crippen LogP contribution >= 0.6 is 0 Å². The molecule has 0 aromatic heterocycles. The second-order valence-electron chi connectivity index (χ2n) is 11.9. The molecule has 252 valence electrons. The van der Waals surface area contributed by atoms with Crippen molar-refractivity contribution in [2.24, 2.45) is 5.11 Å². The fourth-order valence-corrected chi connectivity index (χ4v) is 16.0. The van der Waals surface area contributed by atoms with E-state index in [1.165, 1.54) is 0 Å². The second kappa shape index (κ2) is 17.7. The first-order valence-corrected chi connectivity index (χ1v) is 25.8. The highest BCUT2D eigenvalue weighted by Gasteiger charge is 2.53. The van der Waals surface area contributed by atoms with Crippen molar-refractivity contribution < 1.29 is 26.4 Å². The Kier molecular flexibility index (Phi) is 15.8. The molecular weight excluding hydrogens is 629 g/mol. The molecule has 1 fully saturated rings. The zero-order valence-corrected chi connectivity index (χ0v) is 32.4. The summed E-state index contributed by atoms with van der Waals surface area (Å²) in [6, 6.07) is 15.5. The van der Waals surface area contributed by atoms with E-state index in [4.69, 9.17) is 18.0 Å². The summed E-state index contributed by atoms with van der Waals surface area (Å²) < 4.78 is 58.3. The summed E-state index contributed by atoms with van der Waals surface area (Å²) in [6.07, 6.45) is -3.05. The van der Waals surface area contributed by atoms with Gasteiger partial charge in [0.25, 0.3) is 0 Å². The van der Waals surface area contributed by atoms with Crippen LogP contribution in [0, 0.1) is 0 Å². The number of hydrogen-bond acceptors (Lipinski definition) is 7. The van der Waals surface area contributed by atoms with Gasteiger partial charge in [0.15, 0.2) is 31.2 Å². The van der Waals surface area contributed by atoms with Crippen LogP contribution in [0.5, 0.6) is 0 Å². The fourth-order valence-electron chi connectivity index (χ4n) is 6.35. The van der Waals surface area contributed by atoms with Crippen LogP contribution in [0.1, 0.15) is 62.3 Å². The molecule has 0 radical (unpaired) electrons. The maximum Gasteiger partial charge on any atom is 0.240 e. The van der Waals surface area contributed by atoms with Crippen LogP contribution in [0.25, 0.3) is 10.4 Å². The van der Waals surface area contributed by atoms with Gasteiger partial charge in [-0.15, -0.1) is 0 Å². The SMILES string of the molecule is CC[Si](CC)(CC)OC[C@H]1O[C@@H](N=[N+]=[N-])[C@H](NS(=O)(=O)c2ccccc2)[C@@H](O[Si](CC)(CC)CC)[C@@H]1O[Si](CC)(CC)CC. The number of benzene rings is 1. The molecule has 1 N–H and O–H groups in total. The molecule has 44 heavy (non-hydrogen) atoms. The Hall–Kier alpha value is -1.07. The van der Waals surface area contributed by atoms with E-state index in [1.54, 1.807) is 30.3 Å². The standard InChI is InChI=1S/C30H58N4O6SSi3/c1-10-42(11-2,12-3)37-24-26-28(39-43(13-4,14-5)15-6)29(40-44(16-7,17-8)18-9)27(30(38-26)32-34-31)33-41(35,36)25-22-20-19-21-23-25/h19-23,26-30,33H,10-18,24H2,1-9H3/t26-,27-,28-,29-,30-/m1/s1. The average Bonchev–Trinajstić information content (AvgIpc) is 3.06.